The van der Waals surface area contributed by atoms with Gasteiger partial charge in [0.15, 0.2) is 17.0 Å². The van der Waals surface area contributed by atoms with Crippen LogP contribution in [0.25, 0.3) is 22.6 Å². The molecule has 0 aliphatic carbocycles. The van der Waals surface area contributed by atoms with Crippen LogP contribution in [0.1, 0.15) is 24.4 Å². The number of hydrogen-bond acceptors (Lipinski definition) is 7. The topological polar surface area (TPSA) is 102 Å². The Morgan fingerprint density at radius 1 is 1.00 bits per heavy atom. The number of benzene rings is 2. The molecule has 0 bridgehead atoms. The molecule has 4 aromatic rings. The molecule has 1 N–H and O–H groups in total. The van der Waals surface area contributed by atoms with Crippen molar-refractivity contribution in [3.63, 3.8) is 0 Å². The van der Waals surface area contributed by atoms with E-state index in [1.54, 1.807) is 31.4 Å². The van der Waals surface area contributed by atoms with Crippen molar-refractivity contribution in [2.45, 2.75) is 30.7 Å². The molecule has 2 aromatic heterocycles. The Bertz CT molecular complexity index is 1440. The summed E-state index contributed by atoms with van der Waals surface area (Å²) in [5.74, 6) is 1.65. The fourth-order valence-corrected chi connectivity index (χ4v) is 5.45. The summed E-state index contributed by atoms with van der Waals surface area (Å²) in [6, 6.07) is 14.6. The van der Waals surface area contributed by atoms with Crippen molar-refractivity contribution < 1.29 is 13.2 Å². The number of aromatic nitrogens is 4. The number of methoxy groups -OCH3 is 1. The smallest absolute Gasteiger partial charge is 0.263 e. The molecular weight excluding hydrogens is 464 g/mol. The maximum Gasteiger partial charge on any atom is 0.263 e. The standard InChI is InChI=1S/C25H28N6O3S/c1-17-4-10-21(11-5-17)35(32,33)29-23-22-25(27-16-26-23)31(19-12-14-30(2)15-13-19)24(28-22)18-6-8-20(34-3)9-7-18/h4-11,16,19H,12-15H2,1-3H3,(H,26,27,29). The van der Waals surface area contributed by atoms with Crippen LogP contribution in [0.4, 0.5) is 5.82 Å². The van der Waals surface area contributed by atoms with E-state index in [0.29, 0.717) is 11.2 Å². The number of imidazole rings is 1. The molecule has 10 heteroatoms. The van der Waals surface area contributed by atoms with E-state index in [2.05, 4.69) is 31.2 Å². The van der Waals surface area contributed by atoms with E-state index in [1.807, 2.05) is 31.2 Å². The maximum absolute atomic E-state index is 13.1. The highest BCUT2D eigenvalue weighted by atomic mass is 32.2. The van der Waals surface area contributed by atoms with Gasteiger partial charge in [-0.1, -0.05) is 17.7 Å². The van der Waals surface area contributed by atoms with Crippen LogP contribution in [0.5, 0.6) is 5.75 Å². The average molecular weight is 493 g/mol. The third kappa shape index (κ3) is 4.59. The van der Waals surface area contributed by atoms with E-state index in [9.17, 15) is 8.42 Å². The Labute approximate surface area is 204 Å². The number of nitrogens with zero attached hydrogens (tertiary/aromatic N) is 5. The SMILES string of the molecule is COc1ccc(-c2nc3c(NS(=O)(=O)c4ccc(C)cc4)ncnc3n2C2CCN(C)CC2)cc1. The number of aryl methyl sites for hydroxylation is 1. The van der Waals surface area contributed by atoms with Crippen LogP contribution in [-0.2, 0) is 10.0 Å². The Morgan fingerprint density at radius 2 is 1.69 bits per heavy atom. The molecule has 35 heavy (non-hydrogen) atoms. The van der Waals surface area contributed by atoms with Crippen LogP contribution in [0.3, 0.4) is 0 Å². The normalized spacial score (nSPS) is 15.4. The summed E-state index contributed by atoms with van der Waals surface area (Å²) in [5.41, 5.74) is 2.92. The molecule has 182 valence electrons. The van der Waals surface area contributed by atoms with Crippen LogP contribution in [0.15, 0.2) is 59.8 Å². The first-order valence-electron chi connectivity index (χ1n) is 11.5. The molecule has 0 spiro atoms. The Kier molecular flexibility index (Phi) is 6.16. The molecule has 1 saturated heterocycles. The molecule has 9 nitrogen and oxygen atoms in total. The van der Waals surface area contributed by atoms with Crippen LogP contribution in [-0.4, -0.2) is 60.1 Å². The first-order chi connectivity index (χ1) is 16.9. The van der Waals surface area contributed by atoms with Gasteiger partial charge in [-0.3, -0.25) is 4.72 Å². The second-order valence-corrected chi connectivity index (χ2v) is 10.6. The van der Waals surface area contributed by atoms with Gasteiger partial charge < -0.3 is 14.2 Å². The number of likely N-dealkylation sites (tertiary alicyclic amines) is 1. The summed E-state index contributed by atoms with van der Waals surface area (Å²) in [6.45, 7) is 3.84. The van der Waals surface area contributed by atoms with Gasteiger partial charge in [0.05, 0.1) is 12.0 Å². The zero-order valence-corrected chi connectivity index (χ0v) is 20.8. The van der Waals surface area contributed by atoms with E-state index < -0.39 is 10.0 Å². The van der Waals surface area contributed by atoms with Crippen molar-refractivity contribution in [1.82, 2.24) is 24.4 Å². The Balaban J connectivity index is 1.62. The largest absolute Gasteiger partial charge is 0.497 e. The quantitative estimate of drug-likeness (QED) is 0.436. The van der Waals surface area contributed by atoms with Crippen molar-refractivity contribution in [3.8, 4) is 17.1 Å². The molecule has 0 unspecified atom stereocenters. The molecule has 0 radical (unpaired) electrons. The number of fused-ring (bicyclic) bond motifs is 1. The predicted molar refractivity (Wildman–Crippen MR) is 135 cm³/mol. The number of rotatable bonds is 6. The van der Waals surface area contributed by atoms with Crippen molar-refractivity contribution >= 4 is 27.0 Å². The Morgan fingerprint density at radius 3 is 2.34 bits per heavy atom. The lowest BCUT2D eigenvalue weighted by atomic mass is 10.0. The summed E-state index contributed by atoms with van der Waals surface area (Å²) < 4.78 is 36.3. The summed E-state index contributed by atoms with van der Waals surface area (Å²) in [6.07, 6.45) is 3.28. The summed E-state index contributed by atoms with van der Waals surface area (Å²) in [4.78, 5) is 16.2. The van der Waals surface area contributed by atoms with Gasteiger partial charge in [0, 0.05) is 11.6 Å². The lowest BCUT2D eigenvalue weighted by molar-refractivity contribution is 0.224. The van der Waals surface area contributed by atoms with Crippen LogP contribution in [0.2, 0.25) is 0 Å². The fourth-order valence-electron chi connectivity index (χ4n) is 4.43. The molecule has 5 rings (SSSR count). The summed E-state index contributed by atoms with van der Waals surface area (Å²) in [5, 5.41) is 0. The molecule has 1 aliphatic rings. The Hall–Kier alpha value is -3.50. The van der Waals surface area contributed by atoms with Gasteiger partial charge in [-0.25, -0.2) is 23.4 Å². The minimum absolute atomic E-state index is 0.164. The van der Waals surface area contributed by atoms with E-state index in [4.69, 9.17) is 9.72 Å². The van der Waals surface area contributed by atoms with E-state index in [1.165, 1.54) is 6.33 Å². The first-order valence-corrected chi connectivity index (χ1v) is 13.0. The monoisotopic (exact) mass is 492 g/mol. The number of ether oxygens (including phenoxy) is 1. The second-order valence-electron chi connectivity index (χ2n) is 8.88. The molecule has 1 aliphatic heterocycles. The molecule has 3 heterocycles. The lowest BCUT2D eigenvalue weighted by Crippen LogP contribution is -2.31. The van der Waals surface area contributed by atoms with Gasteiger partial charge in [0.2, 0.25) is 0 Å². The second kappa shape index (κ2) is 9.27. The molecule has 2 aromatic carbocycles. The number of anilines is 1. The highest BCUT2D eigenvalue weighted by Crippen LogP contribution is 2.35. The molecule has 0 atom stereocenters. The third-order valence-electron chi connectivity index (χ3n) is 6.44. The van der Waals surface area contributed by atoms with E-state index >= 15 is 0 Å². The van der Waals surface area contributed by atoms with Crippen molar-refractivity contribution in [2.75, 3.05) is 32.0 Å². The highest BCUT2D eigenvalue weighted by Gasteiger charge is 2.27. The zero-order chi connectivity index (χ0) is 24.6. The highest BCUT2D eigenvalue weighted by molar-refractivity contribution is 7.92. The molecule has 1 fully saturated rings. The number of piperidine rings is 1. The van der Waals surface area contributed by atoms with Crippen LogP contribution >= 0.6 is 0 Å². The van der Waals surface area contributed by atoms with Gasteiger partial charge >= 0.3 is 0 Å². The minimum atomic E-state index is -3.84. The maximum atomic E-state index is 13.1. The van der Waals surface area contributed by atoms with E-state index in [-0.39, 0.29) is 16.8 Å². The number of sulfonamides is 1. The predicted octanol–water partition coefficient (Wildman–Crippen LogP) is 3.88. The molecular formula is C25H28N6O3S. The van der Waals surface area contributed by atoms with Crippen molar-refractivity contribution in [1.29, 1.82) is 0 Å². The fraction of sp³-hybridized carbons (Fsp3) is 0.320. The van der Waals surface area contributed by atoms with Gasteiger partial charge in [0.25, 0.3) is 10.0 Å². The zero-order valence-electron chi connectivity index (χ0n) is 20.0. The van der Waals surface area contributed by atoms with Gasteiger partial charge in [-0.15, -0.1) is 0 Å². The first kappa shape index (κ1) is 23.3. The van der Waals surface area contributed by atoms with Crippen LogP contribution in [0, 0.1) is 6.92 Å². The summed E-state index contributed by atoms with van der Waals surface area (Å²) >= 11 is 0. The number of hydrogen-bond donors (Lipinski definition) is 1. The lowest BCUT2D eigenvalue weighted by Gasteiger charge is -2.30. The van der Waals surface area contributed by atoms with Crippen LogP contribution < -0.4 is 9.46 Å². The van der Waals surface area contributed by atoms with Gasteiger partial charge in [-0.05, 0) is 76.3 Å². The summed E-state index contributed by atoms with van der Waals surface area (Å²) in [7, 11) is -0.0961. The van der Waals surface area contributed by atoms with Gasteiger partial charge in [0.1, 0.15) is 17.9 Å². The number of nitrogens with one attached hydrogen (secondary N) is 1. The minimum Gasteiger partial charge on any atom is -0.497 e. The van der Waals surface area contributed by atoms with Crippen molar-refractivity contribution in [2.24, 2.45) is 0 Å². The molecule has 0 saturated carbocycles. The average Bonchev–Trinajstić information content (AvgIpc) is 3.25. The van der Waals surface area contributed by atoms with Gasteiger partial charge in [-0.2, -0.15) is 0 Å². The van der Waals surface area contributed by atoms with Crippen molar-refractivity contribution in [3.05, 3.63) is 60.4 Å². The third-order valence-corrected chi connectivity index (χ3v) is 7.80. The van der Waals surface area contributed by atoms with E-state index in [0.717, 1.165) is 48.6 Å². The molecule has 0 amide bonds.